The standard InChI is InChI=1S/C17H22N4O2/c1-11-14(12(2)23-20-11)6-7-17(22)21-10-4-5-16(21)15-8-9-18-13(3)19-15/h8-9,16H,4-7,10H2,1-3H3/t16-/m1/s1. The Kier molecular flexibility index (Phi) is 4.41. The molecule has 0 aromatic carbocycles. The SMILES string of the molecule is Cc1nccc([C@H]2CCCN2C(=O)CCc2c(C)noc2C)n1. The number of carbonyl (C=O) groups excluding carboxylic acids is 1. The highest BCUT2D eigenvalue weighted by atomic mass is 16.5. The summed E-state index contributed by atoms with van der Waals surface area (Å²) < 4.78 is 5.16. The minimum atomic E-state index is 0.0777. The quantitative estimate of drug-likeness (QED) is 0.867. The average Bonchev–Trinajstić information content (AvgIpc) is 3.13. The fourth-order valence-electron chi connectivity index (χ4n) is 3.27. The van der Waals surface area contributed by atoms with E-state index in [2.05, 4.69) is 15.1 Å². The largest absolute Gasteiger partial charge is 0.361 e. The maximum Gasteiger partial charge on any atom is 0.223 e. The van der Waals surface area contributed by atoms with Crippen molar-refractivity contribution in [3.8, 4) is 0 Å². The summed E-state index contributed by atoms with van der Waals surface area (Å²) in [6.45, 7) is 6.48. The van der Waals surface area contributed by atoms with Crippen molar-refractivity contribution in [1.29, 1.82) is 0 Å². The molecule has 1 aliphatic heterocycles. The Morgan fingerprint density at radius 2 is 2.22 bits per heavy atom. The van der Waals surface area contributed by atoms with Gasteiger partial charge in [-0.2, -0.15) is 0 Å². The van der Waals surface area contributed by atoms with E-state index in [0.717, 1.165) is 47.9 Å². The maximum absolute atomic E-state index is 12.7. The Hall–Kier alpha value is -2.24. The van der Waals surface area contributed by atoms with E-state index in [1.54, 1.807) is 6.20 Å². The Morgan fingerprint density at radius 1 is 1.39 bits per heavy atom. The van der Waals surface area contributed by atoms with E-state index in [1.165, 1.54) is 0 Å². The molecule has 0 bridgehead atoms. The number of aromatic nitrogens is 3. The summed E-state index contributed by atoms with van der Waals surface area (Å²) in [5.74, 6) is 1.72. The molecule has 1 atom stereocenters. The smallest absolute Gasteiger partial charge is 0.223 e. The third-order valence-electron chi connectivity index (χ3n) is 4.48. The third kappa shape index (κ3) is 3.25. The van der Waals surface area contributed by atoms with E-state index in [4.69, 9.17) is 4.52 Å². The first-order valence-corrected chi connectivity index (χ1v) is 8.07. The summed E-state index contributed by atoms with van der Waals surface area (Å²) in [4.78, 5) is 23.3. The molecular formula is C17H22N4O2. The lowest BCUT2D eigenvalue weighted by Crippen LogP contribution is -2.31. The van der Waals surface area contributed by atoms with Crippen LogP contribution in [-0.4, -0.2) is 32.5 Å². The summed E-state index contributed by atoms with van der Waals surface area (Å²) in [7, 11) is 0. The number of amides is 1. The molecule has 1 amide bonds. The average molecular weight is 314 g/mol. The van der Waals surface area contributed by atoms with Gasteiger partial charge in [-0.25, -0.2) is 9.97 Å². The zero-order chi connectivity index (χ0) is 16.4. The molecule has 0 unspecified atom stereocenters. The molecule has 0 radical (unpaired) electrons. The second kappa shape index (κ2) is 6.48. The van der Waals surface area contributed by atoms with Crippen LogP contribution in [0.1, 0.15) is 53.8 Å². The van der Waals surface area contributed by atoms with Crippen LogP contribution in [0.4, 0.5) is 0 Å². The van der Waals surface area contributed by atoms with Crippen LogP contribution in [0.25, 0.3) is 0 Å². The topological polar surface area (TPSA) is 72.1 Å². The van der Waals surface area contributed by atoms with E-state index in [9.17, 15) is 4.79 Å². The zero-order valence-electron chi connectivity index (χ0n) is 13.9. The predicted molar refractivity (Wildman–Crippen MR) is 84.8 cm³/mol. The Morgan fingerprint density at radius 3 is 2.91 bits per heavy atom. The van der Waals surface area contributed by atoms with Crippen molar-refractivity contribution in [2.24, 2.45) is 0 Å². The van der Waals surface area contributed by atoms with Gasteiger partial charge in [0.2, 0.25) is 5.91 Å². The molecule has 0 N–H and O–H groups in total. The predicted octanol–water partition coefficient (Wildman–Crippen LogP) is 2.69. The highest BCUT2D eigenvalue weighted by Gasteiger charge is 2.30. The Balaban J connectivity index is 1.69. The van der Waals surface area contributed by atoms with Crippen molar-refractivity contribution >= 4 is 5.91 Å². The maximum atomic E-state index is 12.7. The molecule has 6 heteroatoms. The minimum absolute atomic E-state index is 0.0777. The van der Waals surface area contributed by atoms with Crippen molar-refractivity contribution < 1.29 is 9.32 Å². The molecule has 122 valence electrons. The van der Waals surface area contributed by atoms with Crippen LogP contribution in [-0.2, 0) is 11.2 Å². The molecule has 6 nitrogen and oxygen atoms in total. The summed E-state index contributed by atoms with van der Waals surface area (Å²) in [6, 6.07) is 1.99. The van der Waals surface area contributed by atoms with Crippen LogP contribution in [0.5, 0.6) is 0 Å². The van der Waals surface area contributed by atoms with Crippen LogP contribution in [0.2, 0.25) is 0 Å². The van der Waals surface area contributed by atoms with Gasteiger partial charge in [0.15, 0.2) is 0 Å². The zero-order valence-corrected chi connectivity index (χ0v) is 13.9. The van der Waals surface area contributed by atoms with E-state index >= 15 is 0 Å². The van der Waals surface area contributed by atoms with Gasteiger partial charge in [-0.05, 0) is 46.1 Å². The lowest BCUT2D eigenvalue weighted by atomic mass is 10.1. The number of nitrogens with zero attached hydrogens (tertiary/aromatic N) is 4. The highest BCUT2D eigenvalue weighted by molar-refractivity contribution is 5.77. The normalized spacial score (nSPS) is 17.7. The first kappa shape index (κ1) is 15.6. The minimum Gasteiger partial charge on any atom is -0.361 e. The fourth-order valence-corrected chi connectivity index (χ4v) is 3.27. The molecule has 0 aliphatic carbocycles. The second-order valence-corrected chi connectivity index (χ2v) is 6.08. The summed E-state index contributed by atoms with van der Waals surface area (Å²) in [6.07, 6.45) is 4.90. The van der Waals surface area contributed by atoms with Crippen LogP contribution in [0.15, 0.2) is 16.8 Å². The number of rotatable bonds is 4. The van der Waals surface area contributed by atoms with Crippen molar-refractivity contribution in [3.63, 3.8) is 0 Å². The first-order valence-electron chi connectivity index (χ1n) is 8.07. The Labute approximate surface area is 135 Å². The van der Waals surface area contributed by atoms with Gasteiger partial charge >= 0.3 is 0 Å². The van der Waals surface area contributed by atoms with E-state index < -0.39 is 0 Å². The van der Waals surface area contributed by atoms with Crippen molar-refractivity contribution in [2.45, 2.75) is 52.5 Å². The van der Waals surface area contributed by atoms with Gasteiger partial charge in [0.1, 0.15) is 11.6 Å². The van der Waals surface area contributed by atoms with Gasteiger partial charge in [0.05, 0.1) is 17.4 Å². The third-order valence-corrected chi connectivity index (χ3v) is 4.48. The number of aryl methyl sites for hydroxylation is 3. The van der Waals surface area contributed by atoms with Gasteiger partial charge in [-0.15, -0.1) is 0 Å². The van der Waals surface area contributed by atoms with Crippen LogP contribution >= 0.6 is 0 Å². The molecule has 23 heavy (non-hydrogen) atoms. The second-order valence-electron chi connectivity index (χ2n) is 6.08. The number of hydrogen-bond acceptors (Lipinski definition) is 5. The van der Waals surface area contributed by atoms with E-state index in [0.29, 0.717) is 12.8 Å². The molecule has 3 rings (SSSR count). The first-order chi connectivity index (χ1) is 11.1. The number of likely N-dealkylation sites (tertiary alicyclic amines) is 1. The molecule has 1 saturated heterocycles. The molecule has 1 fully saturated rings. The number of hydrogen-bond donors (Lipinski definition) is 0. The molecule has 2 aromatic rings. The molecular weight excluding hydrogens is 292 g/mol. The molecule has 1 aliphatic rings. The summed E-state index contributed by atoms with van der Waals surface area (Å²) >= 11 is 0. The van der Waals surface area contributed by atoms with Gasteiger partial charge in [0, 0.05) is 24.7 Å². The van der Waals surface area contributed by atoms with Crippen molar-refractivity contribution in [1.82, 2.24) is 20.0 Å². The van der Waals surface area contributed by atoms with E-state index in [1.807, 2.05) is 31.7 Å². The molecule has 0 spiro atoms. The van der Waals surface area contributed by atoms with Crippen LogP contribution in [0.3, 0.4) is 0 Å². The van der Waals surface area contributed by atoms with Gasteiger partial charge < -0.3 is 9.42 Å². The van der Waals surface area contributed by atoms with Gasteiger partial charge in [0.25, 0.3) is 0 Å². The van der Waals surface area contributed by atoms with Crippen LogP contribution in [0, 0.1) is 20.8 Å². The van der Waals surface area contributed by atoms with E-state index in [-0.39, 0.29) is 11.9 Å². The fraction of sp³-hybridized carbons (Fsp3) is 0.529. The lowest BCUT2D eigenvalue weighted by molar-refractivity contribution is -0.132. The molecule has 3 heterocycles. The summed E-state index contributed by atoms with van der Waals surface area (Å²) in [5, 5.41) is 3.95. The summed E-state index contributed by atoms with van der Waals surface area (Å²) in [5.41, 5.74) is 2.87. The highest BCUT2D eigenvalue weighted by Crippen LogP contribution is 2.31. The molecule has 2 aromatic heterocycles. The monoisotopic (exact) mass is 314 g/mol. The van der Waals surface area contributed by atoms with Crippen molar-refractivity contribution in [2.75, 3.05) is 6.54 Å². The lowest BCUT2D eigenvalue weighted by Gasteiger charge is -2.24. The van der Waals surface area contributed by atoms with Gasteiger partial charge in [-0.1, -0.05) is 5.16 Å². The van der Waals surface area contributed by atoms with Gasteiger partial charge in [-0.3, -0.25) is 4.79 Å². The van der Waals surface area contributed by atoms with Crippen molar-refractivity contribution in [3.05, 3.63) is 40.8 Å². The van der Waals surface area contributed by atoms with Crippen LogP contribution < -0.4 is 0 Å². The molecule has 0 saturated carbocycles. The number of carbonyl (C=O) groups is 1. The Bertz CT molecular complexity index is 691.